The SMILES string of the molecule is CCC(C)c1cc(N)c2cc(NC(=O)CCc3ccc(C(F)(F)F)cc3)ccc2n1. The average molecular weight is 415 g/mol. The highest BCUT2D eigenvalue weighted by atomic mass is 19.4. The van der Waals surface area contributed by atoms with Crippen molar-refractivity contribution >= 4 is 28.2 Å². The van der Waals surface area contributed by atoms with E-state index in [0.717, 1.165) is 35.2 Å². The quantitative estimate of drug-likeness (QED) is 0.525. The molecule has 0 aliphatic carbocycles. The number of carbonyl (C=O) groups excluding carboxylic acids is 1. The van der Waals surface area contributed by atoms with E-state index in [2.05, 4.69) is 24.1 Å². The smallest absolute Gasteiger partial charge is 0.398 e. The monoisotopic (exact) mass is 415 g/mol. The maximum absolute atomic E-state index is 12.6. The number of hydrogen-bond acceptors (Lipinski definition) is 3. The maximum atomic E-state index is 12.6. The lowest BCUT2D eigenvalue weighted by molar-refractivity contribution is -0.137. The van der Waals surface area contributed by atoms with Crippen LogP contribution >= 0.6 is 0 Å². The molecule has 30 heavy (non-hydrogen) atoms. The molecule has 3 N–H and O–H groups in total. The molecule has 1 heterocycles. The summed E-state index contributed by atoms with van der Waals surface area (Å²) < 4.78 is 37.9. The molecule has 158 valence electrons. The number of anilines is 2. The summed E-state index contributed by atoms with van der Waals surface area (Å²) in [5.41, 5.74) is 9.08. The predicted molar refractivity (Wildman–Crippen MR) is 113 cm³/mol. The highest BCUT2D eigenvalue weighted by Crippen LogP contribution is 2.30. The van der Waals surface area contributed by atoms with Crippen molar-refractivity contribution in [1.29, 1.82) is 0 Å². The number of amides is 1. The van der Waals surface area contributed by atoms with E-state index in [1.165, 1.54) is 12.1 Å². The van der Waals surface area contributed by atoms with E-state index in [0.29, 0.717) is 29.3 Å². The van der Waals surface area contributed by atoms with Crippen molar-refractivity contribution in [3.05, 3.63) is 65.4 Å². The van der Waals surface area contributed by atoms with Gasteiger partial charge in [0.25, 0.3) is 0 Å². The summed E-state index contributed by atoms with van der Waals surface area (Å²) >= 11 is 0. The molecule has 1 atom stereocenters. The Kier molecular flexibility index (Phi) is 6.29. The number of alkyl halides is 3. The van der Waals surface area contributed by atoms with Crippen LogP contribution in [0.3, 0.4) is 0 Å². The molecule has 0 aliphatic heterocycles. The van der Waals surface area contributed by atoms with Crippen LogP contribution in [0, 0.1) is 0 Å². The van der Waals surface area contributed by atoms with Crippen molar-refractivity contribution in [2.45, 2.75) is 45.2 Å². The minimum atomic E-state index is -4.36. The van der Waals surface area contributed by atoms with Crippen molar-refractivity contribution in [3.63, 3.8) is 0 Å². The molecule has 1 aromatic heterocycles. The van der Waals surface area contributed by atoms with Crippen LogP contribution in [-0.4, -0.2) is 10.9 Å². The van der Waals surface area contributed by atoms with Crippen LogP contribution in [0.2, 0.25) is 0 Å². The van der Waals surface area contributed by atoms with Gasteiger partial charge in [-0.3, -0.25) is 9.78 Å². The molecule has 1 amide bonds. The normalized spacial score (nSPS) is 12.7. The first kappa shape index (κ1) is 21.6. The molecule has 0 aliphatic rings. The van der Waals surface area contributed by atoms with E-state index in [-0.39, 0.29) is 12.3 Å². The molecule has 2 aromatic carbocycles. The Morgan fingerprint density at radius 3 is 2.47 bits per heavy atom. The number of benzene rings is 2. The summed E-state index contributed by atoms with van der Waals surface area (Å²) in [6, 6.07) is 12.1. The molecule has 0 radical (unpaired) electrons. The van der Waals surface area contributed by atoms with Crippen LogP contribution in [0.25, 0.3) is 10.9 Å². The first-order valence-corrected chi connectivity index (χ1v) is 9.83. The lowest BCUT2D eigenvalue weighted by Gasteiger charge is -2.12. The van der Waals surface area contributed by atoms with E-state index in [1.54, 1.807) is 12.1 Å². The topological polar surface area (TPSA) is 68.0 Å². The number of pyridine rings is 1. The zero-order chi connectivity index (χ0) is 21.9. The van der Waals surface area contributed by atoms with Gasteiger partial charge >= 0.3 is 6.18 Å². The molecule has 7 heteroatoms. The van der Waals surface area contributed by atoms with E-state index in [4.69, 9.17) is 5.73 Å². The van der Waals surface area contributed by atoms with E-state index in [1.807, 2.05) is 12.1 Å². The van der Waals surface area contributed by atoms with Crippen molar-refractivity contribution in [2.24, 2.45) is 0 Å². The van der Waals surface area contributed by atoms with Crippen molar-refractivity contribution < 1.29 is 18.0 Å². The van der Waals surface area contributed by atoms with Crippen molar-refractivity contribution in [3.8, 4) is 0 Å². The zero-order valence-electron chi connectivity index (χ0n) is 16.9. The molecule has 4 nitrogen and oxygen atoms in total. The van der Waals surface area contributed by atoms with Crippen molar-refractivity contribution in [2.75, 3.05) is 11.1 Å². The Hall–Kier alpha value is -3.09. The molecule has 1 unspecified atom stereocenters. The number of aromatic nitrogens is 1. The number of carbonyl (C=O) groups is 1. The van der Waals surface area contributed by atoms with Gasteiger partial charge in [-0.1, -0.05) is 26.0 Å². The number of nitrogens with zero attached hydrogens (tertiary/aromatic N) is 1. The number of halogens is 3. The maximum Gasteiger partial charge on any atom is 0.416 e. The Morgan fingerprint density at radius 2 is 1.83 bits per heavy atom. The van der Waals surface area contributed by atoms with Crippen molar-refractivity contribution in [1.82, 2.24) is 4.98 Å². The minimum Gasteiger partial charge on any atom is -0.398 e. The Bertz CT molecular complexity index is 1050. The summed E-state index contributed by atoms with van der Waals surface area (Å²) in [4.78, 5) is 16.9. The Labute approximate surface area is 173 Å². The summed E-state index contributed by atoms with van der Waals surface area (Å²) in [5.74, 6) is 0.0817. The lowest BCUT2D eigenvalue weighted by atomic mass is 10.0. The number of aryl methyl sites for hydroxylation is 1. The second-order valence-corrected chi connectivity index (χ2v) is 7.42. The van der Waals surface area contributed by atoms with Crippen LogP contribution in [0.5, 0.6) is 0 Å². The van der Waals surface area contributed by atoms with Gasteiger partial charge in [0.05, 0.1) is 11.1 Å². The first-order chi connectivity index (χ1) is 14.2. The largest absolute Gasteiger partial charge is 0.416 e. The third-order valence-corrected chi connectivity index (χ3v) is 5.18. The van der Waals surface area contributed by atoms with E-state index in [9.17, 15) is 18.0 Å². The summed E-state index contributed by atoms with van der Waals surface area (Å²) in [7, 11) is 0. The molecule has 0 spiro atoms. The molecular formula is C23H24F3N3O. The molecule has 0 bridgehead atoms. The third-order valence-electron chi connectivity index (χ3n) is 5.18. The van der Waals surface area contributed by atoms with Gasteiger partial charge in [0.2, 0.25) is 5.91 Å². The second kappa shape index (κ2) is 8.73. The second-order valence-electron chi connectivity index (χ2n) is 7.42. The molecular weight excluding hydrogens is 391 g/mol. The Balaban J connectivity index is 1.65. The third kappa shape index (κ3) is 5.09. The van der Waals surface area contributed by atoms with Gasteiger partial charge < -0.3 is 11.1 Å². The minimum absolute atomic E-state index is 0.157. The van der Waals surface area contributed by atoms with Crippen LogP contribution in [0.1, 0.15) is 49.4 Å². The molecule has 3 rings (SSSR count). The highest BCUT2D eigenvalue weighted by molar-refractivity contribution is 5.97. The number of nitrogen functional groups attached to an aromatic ring is 1. The number of nitrogens with two attached hydrogens (primary N) is 1. The Morgan fingerprint density at radius 1 is 1.13 bits per heavy atom. The average Bonchev–Trinajstić information content (AvgIpc) is 2.71. The highest BCUT2D eigenvalue weighted by Gasteiger charge is 2.29. The molecule has 0 saturated heterocycles. The van der Waals surface area contributed by atoms with E-state index < -0.39 is 11.7 Å². The van der Waals surface area contributed by atoms with Crippen LogP contribution in [0.15, 0.2) is 48.5 Å². The van der Waals surface area contributed by atoms with Crippen LogP contribution in [-0.2, 0) is 17.4 Å². The number of rotatable bonds is 6. The van der Waals surface area contributed by atoms with E-state index >= 15 is 0 Å². The fraction of sp³-hybridized carbons (Fsp3) is 0.304. The lowest BCUT2D eigenvalue weighted by Crippen LogP contribution is -2.12. The number of fused-ring (bicyclic) bond motifs is 1. The number of hydrogen-bond donors (Lipinski definition) is 2. The molecule has 3 aromatic rings. The van der Waals surface area contributed by atoms with Gasteiger partial charge in [-0.25, -0.2) is 0 Å². The zero-order valence-corrected chi connectivity index (χ0v) is 16.9. The number of nitrogens with one attached hydrogen (secondary N) is 1. The van der Waals surface area contributed by atoms with Crippen LogP contribution in [0.4, 0.5) is 24.5 Å². The van der Waals surface area contributed by atoms with Gasteiger partial charge in [-0.15, -0.1) is 0 Å². The predicted octanol–water partition coefficient (Wildman–Crippen LogP) is 5.92. The summed E-state index contributed by atoms with van der Waals surface area (Å²) in [5, 5.41) is 3.58. The first-order valence-electron chi connectivity index (χ1n) is 9.83. The van der Waals surface area contributed by atoms with Crippen LogP contribution < -0.4 is 11.1 Å². The fourth-order valence-corrected chi connectivity index (χ4v) is 3.15. The van der Waals surface area contributed by atoms with Gasteiger partial charge in [0.1, 0.15) is 0 Å². The van der Waals surface area contributed by atoms with Gasteiger partial charge in [-0.05, 0) is 60.7 Å². The summed E-state index contributed by atoms with van der Waals surface area (Å²) in [6.07, 6.45) is -2.90. The molecule has 0 saturated carbocycles. The summed E-state index contributed by atoms with van der Waals surface area (Å²) in [6.45, 7) is 4.19. The van der Waals surface area contributed by atoms with Gasteiger partial charge in [0.15, 0.2) is 0 Å². The fourth-order valence-electron chi connectivity index (χ4n) is 3.15. The molecule has 0 fully saturated rings. The standard InChI is InChI=1S/C23H24F3N3O/c1-3-14(2)21-13-19(27)18-12-17(9-10-20(18)29-21)28-22(30)11-6-15-4-7-16(8-5-15)23(24,25)26/h4-5,7-10,12-14H,3,6,11H2,1-2H3,(H2,27,29)(H,28,30). The van der Waals surface area contributed by atoms with Gasteiger partial charge in [0, 0.05) is 28.9 Å². The van der Waals surface area contributed by atoms with Gasteiger partial charge in [-0.2, -0.15) is 13.2 Å².